The Morgan fingerprint density at radius 1 is 1.23 bits per heavy atom. The molecule has 5 nitrogen and oxygen atoms in total. The zero-order chi connectivity index (χ0) is 18.5. The van der Waals surface area contributed by atoms with Gasteiger partial charge in [0.2, 0.25) is 5.91 Å². The van der Waals surface area contributed by atoms with E-state index in [2.05, 4.69) is 12.2 Å². The van der Waals surface area contributed by atoms with E-state index in [4.69, 9.17) is 4.74 Å². The molecule has 0 radical (unpaired) electrons. The van der Waals surface area contributed by atoms with Crippen molar-refractivity contribution >= 4 is 17.5 Å². The standard InChI is InChI=1S/C21H24N2O3/c1-3-15(2)23-13-17-12-18(9-10-19(17)26-14-21(23)25)22-20(24)11-16-7-5-4-6-8-16/h4-10,12,15H,3,11,13-14H2,1-2H3,(H,22,24). The molecule has 0 bridgehead atoms. The number of nitrogens with one attached hydrogen (secondary N) is 1. The van der Waals surface area contributed by atoms with Crippen LogP contribution >= 0.6 is 0 Å². The van der Waals surface area contributed by atoms with Gasteiger partial charge in [0.25, 0.3) is 5.91 Å². The van der Waals surface area contributed by atoms with Crippen LogP contribution in [0.15, 0.2) is 48.5 Å². The number of carbonyl (C=O) groups excluding carboxylic acids is 2. The first-order chi connectivity index (χ1) is 12.6. The van der Waals surface area contributed by atoms with Crippen LogP contribution in [0.2, 0.25) is 0 Å². The number of hydrogen-bond acceptors (Lipinski definition) is 3. The second kappa shape index (κ2) is 8.04. The highest BCUT2D eigenvalue weighted by molar-refractivity contribution is 5.92. The van der Waals surface area contributed by atoms with Crippen LogP contribution in [0.4, 0.5) is 5.69 Å². The van der Waals surface area contributed by atoms with Crippen molar-refractivity contribution in [3.63, 3.8) is 0 Å². The maximum Gasteiger partial charge on any atom is 0.261 e. The monoisotopic (exact) mass is 352 g/mol. The first-order valence-corrected chi connectivity index (χ1v) is 8.95. The molecular formula is C21H24N2O3. The van der Waals surface area contributed by atoms with Gasteiger partial charge in [-0.1, -0.05) is 37.3 Å². The minimum atomic E-state index is -0.0689. The predicted molar refractivity (Wildman–Crippen MR) is 101 cm³/mol. The molecule has 1 aliphatic heterocycles. The average molecular weight is 352 g/mol. The lowest BCUT2D eigenvalue weighted by Gasteiger charge is -2.26. The molecule has 26 heavy (non-hydrogen) atoms. The number of benzene rings is 2. The lowest BCUT2D eigenvalue weighted by molar-refractivity contribution is -0.135. The summed E-state index contributed by atoms with van der Waals surface area (Å²) in [6.07, 6.45) is 1.21. The highest BCUT2D eigenvalue weighted by atomic mass is 16.5. The van der Waals surface area contributed by atoms with Crippen LogP contribution < -0.4 is 10.1 Å². The van der Waals surface area contributed by atoms with Crippen molar-refractivity contribution < 1.29 is 14.3 Å². The molecule has 0 fully saturated rings. The number of carbonyl (C=O) groups is 2. The zero-order valence-corrected chi connectivity index (χ0v) is 15.2. The fraction of sp³-hybridized carbons (Fsp3) is 0.333. The number of rotatable bonds is 5. The van der Waals surface area contributed by atoms with E-state index in [1.54, 1.807) is 0 Å². The topological polar surface area (TPSA) is 58.6 Å². The summed E-state index contributed by atoms with van der Waals surface area (Å²) in [5, 5.41) is 2.93. The second-order valence-electron chi connectivity index (χ2n) is 6.60. The summed E-state index contributed by atoms with van der Waals surface area (Å²) in [6.45, 7) is 4.64. The van der Waals surface area contributed by atoms with Crippen LogP contribution in [-0.4, -0.2) is 29.4 Å². The molecule has 1 aliphatic rings. The normalized spacial score (nSPS) is 14.8. The van der Waals surface area contributed by atoms with Crippen molar-refractivity contribution in [2.45, 2.75) is 39.3 Å². The van der Waals surface area contributed by atoms with E-state index in [9.17, 15) is 9.59 Å². The van der Waals surface area contributed by atoms with Gasteiger partial charge in [-0.25, -0.2) is 0 Å². The highest BCUT2D eigenvalue weighted by Crippen LogP contribution is 2.28. The van der Waals surface area contributed by atoms with Crippen LogP contribution in [0, 0.1) is 0 Å². The summed E-state index contributed by atoms with van der Waals surface area (Å²) in [4.78, 5) is 26.4. The molecule has 3 rings (SSSR count). The van der Waals surface area contributed by atoms with Gasteiger partial charge < -0.3 is 15.0 Å². The summed E-state index contributed by atoms with van der Waals surface area (Å²) in [6, 6.07) is 15.3. The fourth-order valence-corrected chi connectivity index (χ4v) is 3.02. The number of fused-ring (bicyclic) bond motifs is 1. The molecule has 0 saturated heterocycles. The summed E-state index contributed by atoms with van der Waals surface area (Å²) < 4.78 is 5.64. The number of anilines is 1. The van der Waals surface area contributed by atoms with Crippen LogP contribution in [-0.2, 0) is 22.6 Å². The largest absolute Gasteiger partial charge is 0.483 e. The molecule has 2 aromatic rings. The Bertz CT molecular complexity index is 789. The van der Waals surface area contributed by atoms with Gasteiger partial charge >= 0.3 is 0 Å². The second-order valence-corrected chi connectivity index (χ2v) is 6.60. The highest BCUT2D eigenvalue weighted by Gasteiger charge is 2.25. The van der Waals surface area contributed by atoms with E-state index in [0.717, 1.165) is 17.5 Å². The summed E-state index contributed by atoms with van der Waals surface area (Å²) in [7, 11) is 0. The van der Waals surface area contributed by atoms with E-state index >= 15 is 0 Å². The van der Waals surface area contributed by atoms with Gasteiger partial charge in [0.05, 0.1) is 6.42 Å². The summed E-state index contributed by atoms with van der Waals surface area (Å²) in [5.41, 5.74) is 2.59. The molecule has 0 aromatic heterocycles. The van der Waals surface area contributed by atoms with Gasteiger partial charge in [0, 0.05) is 23.8 Å². The Hall–Kier alpha value is -2.82. The van der Waals surface area contributed by atoms with Gasteiger partial charge in [-0.05, 0) is 37.1 Å². The molecule has 0 saturated carbocycles. The van der Waals surface area contributed by atoms with E-state index in [1.165, 1.54) is 0 Å². The Balaban J connectivity index is 1.73. The van der Waals surface area contributed by atoms with Crippen molar-refractivity contribution in [3.05, 3.63) is 59.7 Å². The molecule has 1 heterocycles. The van der Waals surface area contributed by atoms with Gasteiger partial charge in [-0.3, -0.25) is 9.59 Å². The van der Waals surface area contributed by atoms with Gasteiger partial charge in [0.15, 0.2) is 6.61 Å². The van der Waals surface area contributed by atoms with E-state index in [1.807, 2.05) is 60.4 Å². The Morgan fingerprint density at radius 3 is 2.73 bits per heavy atom. The Morgan fingerprint density at radius 2 is 2.00 bits per heavy atom. The minimum absolute atomic E-state index is 0.00906. The quantitative estimate of drug-likeness (QED) is 0.897. The lowest BCUT2D eigenvalue weighted by atomic mass is 10.1. The molecule has 2 amide bonds. The SMILES string of the molecule is CCC(C)N1Cc2cc(NC(=O)Cc3ccccc3)ccc2OCC1=O. The number of amides is 2. The van der Waals surface area contributed by atoms with E-state index in [-0.39, 0.29) is 24.5 Å². The third-order valence-corrected chi connectivity index (χ3v) is 4.69. The van der Waals surface area contributed by atoms with E-state index in [0.29, 0.717) is 24.4 Å². The van der Waals surface area contributed by atoms with Crippen LogP contribution in [0.5, 0.6) is 5.75 Å². The molecule has 2 aromatic carbocycles. The average Bonchev–Trinajstić information content (AvgIpc) is 2.81. The third kappa shape index (κ3) is 4.23. The lowest BCUT2D eigenvalue weighted by Crippen LogP contribution is -2.39. The molecule has 5 heteroatoms. The minimum Gasteiger partial charge on any atom is -0.483 e. The van der Waals surface area contributed by atoms with E-state index < -0.39 is 0 Å². The van der Waals surface area contributed by atoms with Crippen molar-refractivity contribution in [2.24, 2.45) is 0 Å². The molecular weight excluding hydrogens is 328 g/mol. The molecule has 1 atom stereocenters. The zero-order valence-electron chi connectivity index (χ0n) is 15.2. The van der Waals surface area contributed by atoms with Crippen molar-refractivity contribution in [1.29, 1.82) is 0 Å². The molecule has 1 unspecified atom stereocenters. The molecule has 136 valence electrons. The predicted octanol–water partition coefficient (Wildman–Crippen LogP) is 3.39. The van der Waals surface area contributed by atoms with Crippen molar-refractivity contribution in [1.82, 2.24) is 4.90 Å². The third-order valence-electron chi connectivity index (χ3n) is 4.69. The Kier molecular flexibility index (Phi) is 5.56. The maximum absolute atomic E-state index is 12.3. The number of nitrogens with zero attached hydrogens (tertiary/aromatic N) is 1. The molecule has 0 aliphatic carbocycles. The smallest absolute Gasteiger partial charge is 0.261 e. The fourth-order valence-electron chi connectivity index (χ4n) is 3.02. The van der Waals surface area contributed by atoms with Crippen LogP contribution in [0.25, 0.3) is 0 Å². The molecule has 0 spiro atoms. The first kappa shape index (κ1) is 18.0. The van der Waals surface area contributed by atoms with Crippen LogP contribution in [0.3, 0.4) is 0 Å². The molecule has 1 N–H and O–H groups in total. The van der Waals surface area contributed by atoms with Gasteiger partial charge in [-0.2, -0.15) is 0 Å². The summed E-state index contributed by atoms with van der Waals surface area (Å²) >= 11 is 0. The van der Waals surface area contributed by atoms with Crippen LogP contribution in [0.1, 0.15) is 31.4 Å². The maximum atomic E-state index is 12.3. The Labute approximate surface area is 154 Å². The van der Waals surface area contributed by atoms with Crippen molar-refractivity contribution in [2.75, 3.05) is 11.9 Å². The van der Waals surface area contributed by atoms with Crippen molar-refractivity contribution in [3.8, 4) is 5.75 Å². The van der Waals surface area contributed by atoms with Gasteiger partial charge in [0.1, 0.15) is 5.75 Å². The number of hydrogen-bond donors (Lipinski definition) is 1. The number of ether oxygens (including phenoxy) is 1. The summed E-state index contributed by atoms with van der Waals surface area (Å²) in [5.74, 6) is 0.621. The first-order valence-electron chi connectivity index (χ1n) is 8.95. The van der Waals surface area contributed by atoms with Gasteiger partial charge in [-0.15, -0.1) is 0 Å².